The van der Waals surface area contributed by atoms with E-state index in [0.29, 0.717) is 17.9 Å². The summed E-state index contributed by atoms with van der Waals surface area (Å²) in [6.07, 6.45) is 0.347. The standard InChI is InChI=1S/C31H39N3O5S/c1-7-28(30(36)32-31(3,4)5)33(21-24-15-19-26(39-6)20-16-24)29(35)22-34(25-17-13-23(2)14-18-25)40(37,38)27-11-9-8-10-12-27/h8-20,28H,7,21-22H2,1-6H3,(H,32,36)/t28-/m0/s1. The van der Waals surface area contributed by atoms with Crippen LogP contribution in [0.15, 0.2) is 83.8 Å². The Hall–Kier alpha value is -3.85. The maximum atomic E-state index is 14.1. The van der Waals surface area contributed by atoms with E-state index in [9.17, 15) is 18.0 Å². The summed E-state index contributed by atoms with van der Waals surface area (Å²) in [4.78, 5) is 29.0. The Balaban J connectivity index is 2.05. The molecule has 0 spiro atoms. The number of carbonyl (C=O) groups excluding carboxylic acids is 2. The van der Waals surface area contributed by atoms with Crippen LogP contribution >= 0.6 is 0 Å². The zero-order valence-corrected chi connectivity index (χ0v) is 24.9. The monoisotopic (exact) mass is 565 g/mol. The molecule has 1 N–H and O–H groups in total. The maximum absolute atomic E-state index is 14.1. The molecule has 0 aliphatic rings. The molecule has 9 heteroatoms. The highest BCUT2D eigenvalue weighted by atomic mass is 32.2. The number of nitrogens with one attached hydrogen (secondary N) is 1. The minimum Gasteiger partial charge on any atom is -0.497 e. The van der Waals surface area contributed by atoms with Gasteiger partial charge in [0.15, 0.2) is 0 Å². The van der Waals surface area contributed by atoms with Crippen molar-refractivity contribution in [3.8, 4) is 5.75 Å². The third kappa shape index (κ3) is 7.85. The van der Waals surface area contributed by atoms with Gasteiger partial charge in [-0.1, -0.05) is 55.0 Å². The van der Waals surface area contributed by atoms with Crippen LogP contribution in [0.25, 0.3) is 0 Å². The SMILES string of the molecule is CC[C@@H](C(=O)NC(C)(C)C)N(Cc1ccc(OC)cc1)C(=O)CN(c1ccc(C)cc1)S(=O)(=O)c1ccccc1. The van der Waals surface area contributed by atoms with Crippen LogP contribution in [0.3, 0.4) is 0 Å². The molecule has 0 fully saturated rings. The summed E-state index contributed by atoms with van der Waals surface area (Å²) in [5, 5.41) is 2.97. The molecule has 0 aliphatic heterocycles. The van der Waals surface area contributed by atoms with Gasteiger partial charge in [0, 0.05) is 12.1 Å². The Labute approximate surface area is 238 Å². The highest BCUT2D eigenvalue weighted by molar-refractivity contribution is 7.92. The lowest BCUT2D eigenvalue weighted by molar-refractivity contribution is -0.141. The van der Waals surface area contributed by atoms with Crippen LogP contribution in [-0.2, 0) is 26.2 Å². The summed E-state index contributed by atoms with van der Waals surface area (Å²) in [5.41, 5.74) is 1.59. The van der Waals surface area contributed by atoms with Gasteiger partial charge >= 0.3 is 0 Å². The number of amides is 2. The summed E-state index contributed by atoms with van der Waals surface area (Å²) in [6, 6.07) is 21.4. The molecule has 0 bridgehead atoms. The van der Waals surface area contributed by atoms with Gasteiger partial charge < -0.3 is 15.0 Å². The molecule has 0 saturated heterocycles. The zero-order valence-electron chi connectivity index (χ0n) is 24.0. The fourth-order valence-electron chi connectivity index (χ4n) is 4.26. The first kappa shape index (κ1) is 30.7. The van der Waals surface area contributed by atoms with Crippen LogP contribution in [0.5, 0.6) is 5.75 Å². The van der Waals surface area contributed by atoms with Gasteiger partial charge in [0.25, 0.3) is 10.0 Å². The third-order valence-corrected chi connectivity index (χ3v) is 8.12. The minimum absolute atomic E-state index is 0.0718. The molecule has 2 amide bonds. The molecule has 8 nitrogen and oxygen atoms in total. The second kappa shape index (κ2) is 13.0. The molecule has 0 aromatic heterocycles. The molecule has 1 atom stereocenters. The molecular weight excluding hydrogens is 526 g/mol. The minimum atomic E-state index is -4.09. The number of benzene rings is 3. The second-order valence-corrected chi connectivity index (χ2v) is 12.6. The van der Waals surface area contributed by atoms with Crippen molar-refractivity contribution in [2.45, 2.75) is 64.1 Å². The van der Waals surface area contributed by atoms with Crippen molar-refractivity contribution in [1.82, 2.24) is 10.2 Å². The van der Waals surface area contributed by atoms with Crippen LogP contribution in [0.4, 0.5) is 5.69 Å². The molecule has 0 aliphatic carbocycles. The predicted octanol–water partition coefficient (Wildman–Crippen LogP) is 4.92. The van der Waals surface area contributed by atoms with E-state index in [0.717, 1.165) is 15.4 Å². The van der Waals surface area contributed by atoms with E-state index in [2.05, 4.69) is 5.32 Å². The molecule has 0 heterocycles. The van der Waals surface area contributed by atoms with Gasteiger partial charge in [-0.3, -0.25) is 13.9 Å². The van der Waals surface area contributed by atoms with Crippen molar-refractivity contribution in [1.29, 1.82) is 0 Å². The number of ether oxygens (including phenoxy) is 1. The predicted molar refractivity (Wildman–Crippen MR) is 158 cm³/mol. The Morgan fingerprint density at radius 1 is 0.925 bits per heavy atom. The van der Waals surface area contributed by atoms with E-state index in [-0.39, 0.29) is 17.3 Å². The fraction of sp³-hybridized carbons (Fsp3) is 0.355. The quantitative estimate of drug-likeness (QED) is 0.356. The van der Waals surface area contributed by atoms with Crippen LogP contribution in [0.2, 0.25) is 0 Å². The Kier molecular flexibility index (Phi) is 9.98. The Morgan fingerprint density at radius 3 is 2.05 bits per heavy atom. The molecule has 0 radical (unpaired) electrons. The number of anilines is 1. The van der Waals surface area contributed by atoms with Crippen LogP contribution in [0, 0.1) is 6.92 Å². The van der Waals surface area contributed by atoms with Gasteiger partial charge in [-0.05, 0) is 76.1 Å². The summed E-state index contributed by atoms with van der Waals surface area (Å²) in [6.45, 7) is 9.00. The lowest BCUT2D eigenvalue weighted by Gasteiger charge is -2.34. The first-order valence-corrected chi connectivity index (χ1v) is 14.7. The fourth-order valence-corrected chi connectivity index (χ4v) is 5.69. The van der Waals surface area contributed by atoms with E-state index in [4.69, 9.17) is 4.74 Å². The summed E-state index contributed by atoms with van der Waals surface area (Å²) >= 11 is 0. The topological polar surface area (TPSA) is 96.0 Å². The van der Waals surface area contributed by atoms with Crippen LogP contribution in [0.1, 0.15) is 45.2 Å². The normalized spacial score (nSPS) is 12.3. The molecule has 0 unspecified atom stereocenters. The van der Waals surface area contributed by atoms with Crippen molar-refractivity contribution in [2.75, 3.05) is 18.0 Å². The Bertz CT molecular complexity index is 1380. The second-order valence-electron chi connectivity index (χ2n) is 10.7. The van der Waals surface area contributed by atoms with Gasteiger partial charge in [-0.2, -0.15) is 0 Å². The van der Waals surface area contributed by atoms with Crippen LogP contribution < -0.4 is 14.4 Å². The first-order chi connectivity index (χ1) is 18.9. The molecule has 3 aromatic rings. The average molecular weight is 566 g/mol. The summed E-state index contributed by atoms with van der Waals surface area (Å²) in [7, 11) is -2.52. The molecule has 40 heavy (non-hydrogen) atoms. The number of carbonyl (C=O) groups is 2. The zero-order chi connectivity index (χ0) is 29.5. The van der Waals surface area contributed by atoms with Gasteiger partial charge in [-0.15, -0.1) is 0 Å². The van der Waals surface area contributed by atoms with Crippen molar-refractivity contribution >= 4 is 27.5 Å². The largest absolute Gasteiger partial charge is 0.497 e. The van der Waals surface area contributed by atoms with Crippen molar-refractivity contribution in [3.63, 3.8) is 0 Å². The first-order valence-electron chi connectivity index (χ1n) is 13.2. The highest BCUT2D eigenvalue weighted by Gasteiger charge is 2.34. The van der Waals surface area contributed by atoms with Gasteiger partial charge in [0.05, 0.1) is 17.7 Å². The third-order valence-electron chi connectivity index (χ3n) is 6.33. The highest BCUT2D eigenvalue weighted by Crippen LogP contribution is 2.25. The number of rotatable bonds is 11. The van der Waals surface area contributed by atoms with E-state index in [1.807, 2.05) is 46.8 Å². The summed E-state index contributed by atoms with van der Waals surface area (Å²) < 4.78 is 34.0. The molecular formula is C31H39N3O5S. The van der Waals surface area contributed by atoms with Crippen molar-refractivity contribution in [3.05, 3.63) is 90.0 Å². The van der Waals surface area contributed by atoms with Gasteiger partial charge in [-0.25, -0.2) is 8.42 Å². The average Bonchev–Trinajstić information content (AvgIpc) is 2.92. The number of hydrogen-bond acceptors (Lipinski definition) is 5. The van der Waals surface area contributed by atoms with E-state index in [1.54, 1.807) is 61.7 Å². The maximum Gasteiger partial charge on any atom is 0.264 e. The van der Waals surface area contributed by atoms with Crippen molar-refractivity contribution < 1.29 is 22.7 Å². The molecule has 0 saturated carbocycles. The Morgan fingerprint density at radius 2 is 1.52 bits per heavy atom. The van der Waals surface area contributed by atoms with Crippen molar-refractivity contribution in [2.24, 2.45) is 0 Å². The van der Waals surface area contributed by atoms with E-state index in [1.165, 1.54) is 17.0 Å². The summed E-state index contributed by atoms with van der Waals surface area (Å²) in [5.74, 6) is -0.130. The van der Waals surface area contributed by atoms with Gasteiger partial charge in [0.1, 0.15) is 18.3 Å². The number of methoxy groups -OCH3 is 1. The van der Waals surface area contributed by atoms with Crippen LogP contribution in [-0.4, -0.2) is 50.4 Å². The smallest absolute Gasteiger partial charge is 0.264 e. The number of hydrogen-bond donors (Lipinski definition) is 1. The van der Waals surface area contributed by atoms with Gasteiger partial charge in [0.2, 0.25) is 11.8 Å². The number of sulfonamides is 1. The lowest BCUT2D eigenvalue weighted by atomic mass is 10.1. The lowest BCUT2D eigenvalue weighted by Crippen LogP contribution is -2.55. The molecule has 3 rings (SSSR count). The molecule has 214 valence electrons. The van der Waals surface area contributed by atoms with E-state index < -0.39 is 34.1 Å². The number of aryl methyl sites for hydroxylation is 1. The number of nitrogens with zero attached hydrogens (tertiary/aromatic N) is 2. The molecule has 3 aromatic carbocycles. The van der Waals surface area contributed by atoms with E-state index >= 15 is 0 Å².